The largest absolute Gasteiger partial charge is 0.206 e. The summed E-state index contributed by atoms with van der Waals surface area (Å²) in [5.74, 6) is -1.90. The molecule has 2 aliphatic rings. The Bertz CT molecular complexity index is 852. The van der Waals surface area contributed by atoms with Crippen LogP contribution in [0, 0.1) is 41.0 Å². The van der Waals surface area contributed by atoms with Gasteiger partial charge in [0.15, 0.2) is 17.5 Å². The maximum absolute atomic E-state index is 14.8. The Labute approximate surface area is 170 Å². The summed E-state index contributed by atoms with van der Waals surface area (Å²) >= 11 is 0. The van der Waals surface area contributed by atoms with Gasteiger partial charge in [0.25, 0.3) is 0 Å². The molecule has 4 rings (SSSR count). The summed E-state index contributed by atoms with van der Waals surface area (Å²) in [5.41, 5.74) is 1.08. The van der Waals surface area contributed by atoms with Gasteiger partial charge in [-0.15, -0.1) is 0 Å². The van der Waals surface area contributed by atoms with E-state index in [1.165, 1.54) is 44.6 Å². The Morgan fingerprint density at radius 1 is 0.793 bits per heavy atom. The van der Waals surface area contributed by atoms with Crippen molar-refractivity contribution in [2.75, 3.05) is 0 Å². The highest BCUT2D eigenvalue weighted by molar-refractivity contribution is 5.65. The number of rotatable bonds is 4. The molecular weight excluding hydrogens is 376 g/mol. The van der Waals surface area contributed by atoms with E-state index in [1.54, 1.807) is 6.07 Å². The Balaban J connectivity index is 1.49. The lowest BCUT2D eigenvalue weighted by Crippen LogP contribution is -2.30. The standard InChI is InChI=1S/C25H28F4/c1-2-3-15-4-5-17-11-18(7-6-16(17)10-15)19-8-9-21(22(26)12-19)20-13-23(27)25(29)24(28)14-20/h8-9,12-18H,2-7,10-11H2,1H3/t15?,16-,17-,18-/m1/s1. The average molecular weight is 404 g/mol. The fourth-order valence-electron chi connectivity index (χ4n) is 5.69. The molecule has 0 aliphatic heterocycles. The van der Waals surface area contributed by atoms with E-state index in [0.717, 1.165) is 48.3 Å². The van der Waals surface area contributed by atoms with Crippen molar-refractivity contribution in [3.05, 3.63) is 59.2 Å². The summed E-state index contributed by atoms with van der Waals surface area (Å²) in [7, 11) is 0. The van der Waals surface area contributed by atoms with Crippen molar-refractivity contribution in [1.29, 1.82) is 0 Å². The molecule has 4 atom stereocenters. The second-order valence-electron chi connectivity index (χ2n) is 8.99. The molecule has 156 valence electrons. The fraction of sp³-hybridized carbons (Fsp3) is 0.520. The molecule has 1 unspecified atom stereocenters. The lowest BCUT2D eigenvalue weighted by Gasteiger charge is -2.42. The van der Waals surface area contributed by atoms with Crippen molar-refractivity contribution >= 4 is 0 Å². The molecule has 0 bridgehead atoms. The van der Waals surface area contributed by atoms with Crippen LogP contribution in [-0.4, -0.2) is 0 Å². The highest BCUT2D eigenvalue weighted by Gasteiger charge is 2.35. The van der Waals surface area contributed by atoms with Gasteiger partial charge in [-0.1, -0.05) is 38.3 Å². The molecule has 2 aromatic carbocycles. The van der Waals surface area contributed by atoms with Crippen LogP contribution in [0.15, 0.2) is 30.3 Å². The Morgan fingerprint density at radius 3 is 2.17 bits per heavy atom. The van der Waals surface area contributed by atoms with Gasteiger partial charge in [-0.05, 0) is 85.1 Å². The van der Waals surface area contributed by atoms with E-state index in [0.29, 0.717) is 5.92 Å². The molecule has 4 heteroatoms. The summed E-state index contributed by atoms with van der Waals surface area (Å²) in [5, 5.41) is 0. The molecular formula is C25H28F4. The first-order chi connectivity index (χ1) is 14.0. The van der Waals surface area contributed by atoms with E-state index in [1.807, 2.05) is 6.07 Å². The predicted molar refractivity (Wildman–Crippen MR) is 108 cm³/mol. The first-order valence-corrected chi connectivity index (χ1v) is 10.9. The van der Waals surface area contributed by atoms with E-state index in [9.17, 15) is 17.6 Å². The van der Waals surface area contributed by atoms with E-state index < -0.39 is 23.3 Å². The molecule has 2 aromatic rings. The maximum Gasteiger partial charge on any atom is 0.194 e. The highest BCUT2D eigenvalue weighted by atomic mass is 19.2. The van der Waals surface area contributed by atoms with E-state index in [-0.39, 0.29) is 11.1 Å². The third-order valence-corrected chi connectivity index (χ3v) is 7.18. The van der Waals surface area contributed by atoms with Gasteiger partial charge in [0.05, 0.1) is 0 Å². The first-order valence-electron chi connectivity index (χ1n) is 10.9. The third kappa shape index (κ3) is 4.22. The van der Waals surface area contributed by atoms with Crippen LogP contribution in [-0.2, 0) is 0 Å². The van der Waals surface area contributed by atoms with Crippen LogP contribution in [0.2, 0.25) is 0 Å². The lowest BCUT2D eigenvalue weighted by molar-refractivity contribution is 0.114. The van der Waals surface area contributed by atoms with Crippen LogP contribution in [0.25, 0.3) is 11.1 Å². The zero-order valence-electron chi connectivity index (χ0n) is 16.9. The van der Waals surface area contributed by atoms with Gasteiger partial charge >= 0.3 is 0 Å². The van der Waals surface area contributed by atoms with Crippen LogP contribution >= 0.6 is 0 Å². The number of fused-ring (bicyclic) bond motifs is 1. The Hall–Kier alpha value is -1.84. The molecule has 0 heterocycles. The van der Waals surface area contributed by atoms with Gasteiger partial charge in [-0.3, -0.25) is 0 Å². The van der Waals surface area contributed by atoms with Crippen LogP contribution in [0.4, 0.5) is 17.6 Å². The van der Waals surface area contributed by atoms with Gasteiger partial charge in [0.2, 0.25) is 0 Å². The Kier molecular flexibility index (Phi) is 5.98. The predicted octanol–water partition coefficient (Wildman–Crippen LogP) is 8.01. The molecule has 0 nitrogen and oxygen atoms in total. The van der Waals surface area contributed by atoms with E-state index in [4.69, 9.17) is 0 Å². The van der Waals surface area contributed by atoms with E-state index in [2.05, 4.69) is 6.92 Å². The molecule has 2 aliphatic carbocycles. The second kappa shape index (κ2) is 8.49. The van der Waals surface area contributed by atoms with Crippen LogP contribution < -0.4 is 0 Å². The average Bonchev–Trinajstić information content (AvgIpc) is 2.71. The molecule has 29 heavy (non-hydrogen) atoms. The molecule has 0 amide bonds. The molecule has 2 fully saturated rings. The van der Waals surface area contributed by atoms with Crippen LogP contribution in [0.3, 0.4) is 0 Å². The summed E-state index contributed by atoms with van der Waals surface area (Å²) in [6.07, 6.45) is 9.91. The minimum Gasteiger partial charge on any atom is -0.206 e. The maximum atomic E-state index is 14.8. The van der Waals surface area contributed by atoms with Crippen LogP contribution in [0.5, 0.6) is 0 Å². The number of benzene rings is 2. The smallest absolute Gasteiger partial charge is 0.194 e. The molecule has 0 radical (unpaired) electrons. The summed E-state index contributed by atoms with van der Waals surface area (Å²) in [6, 6.07) is 6.63. The molecule has 2 saturated carbocycles. The van der Waals surface area contributed by atoms with E-state index >= 15 is 0 Å². The number of halogens is 4. The quantitative estimate of drug-likeness (QED) is 0.358. The van der Waals surface area contributed by atoms with Gasteiger partial charge in [0.1, 0.15) is 5.82 Å². The lowest BCUT2D eigenvalue weighted by atomic mass is 9.63. The monoisotopic (exact) mass is 404 g/mol. The summed E-state index contributed by atoms with van der Waals surface area (Å²) in [6.45, 7) is 2.26. The van der Waals surface area contributed by atoms with Crippen molar-refractivity contribution in [3.8, 4) is 11.1 Å². The van der Waals surface area contributed by atoms with Gasteiger partial charge in [0, 0.05) is 5.56 Å². The van der Waals surface area contributed by atoms with Crippen molar-refractivity contribution in [1.82, 2.24) is 0 Å². The minimum atomic E-state index is -1.53. The van der Waals surface area contributed by atoms with Crippen LogP contribution in [0.1, 0.15) is 69.8 Å². The molecule has 0 spiro atoms. The van der Waals surface area contributed by atoms with Gasteiger partial charge in [-0.2, -0.15) is 0 Å². The summed E-state index contributed by atoms with van der Waals surface area (Å²) in [4.78, 5) is 0. The Morgan fingerprint density at radius 2 is 1.48 bits per heavy atom. The molecule has 0 N–H and O–H groups in total. The van der Waals surface area contributed by atoms with Crippen molar-refractivity contribution < 1.29 is 17.6 Å². The highest BCUT2D eigenvalue weighted by Crippen LogP contribution is 2.48. The van der Waals surface area contributed by atoms with Gasteiger partial charge in [-0.25, -0.2) is 17.6 Å². The third-order valence-electron chi connectivity index (χ3n) is 7.18. The van der Waals surface area contributed by atoms with Gasteiger partial charge < -0.3 is 0 Å². The number of hydrogen-bond acceptors (Lipinski definition) is 0. The second-order valence-corrected chi connectivity index (χ2v) is 8.99. The molecule has 0 aromatic heterocycles. The minimum absolute atomic E-state index is 0.0170. The summed E-state index contributed by atoms with van der Waals surface area (Å²) < 4.78 is 55.0. The van der Waals surface area contributed by atoms with Crippen molar-refractivity contribution in [2.24, 2.45) is 17.8 Å². The molecule has 0 saturated heterocycles. The topological polar surface area (TPSA) is 0 Å². The normalized spacial score (nSPS) is 26.9. The fourth-order valence-corrected chi connectivity index (χ4v) is 5.69. The zero-order valence-corrected chi connectivity index (χ0v) is 16.9. The van der Waals surface area contributed by atoms with Crippen molar-refractivity contribution in [3.63, 3.8) is 0 Å². The number of hydrogen-bond donors (Lipinski definition) is 0. The first kappa shape index (κ1) is 20.4. The van der Waals surface area contributed by atoms with Crippen molar-refractivity contribution in [2.45, 2.75) is 64.2 Å². The SMILES string of the molecule is CCCC1CC[C@@H]2C[C@H](c3ccc(-c4cc(F)c(F)c(F)c4)c(F)c3)CC[C@@H]2C1. The zero-order chi connectivity index (χ0) is 20.5.